The second-order valence-corrected chi connectivity index (χ2v) is 6.34. The first kappa shape index (κ1) is 18.2. The molecule has 1 unspecified atom stereocenters. The van der Waals surface area contributed by atoms with Crippen LogP contribution in [0.25, 0.3) is 0 Å². The zero-order valence-electron chi connectivity index (χ0n) is 14.7. The van der Waals surface area contributed by atoms with Crippen molar-refractivity contribution >= 4 is 5.91 Å². The maximum atomic E-state index is 12.6. The van der Waals surface area contributed by atoms with Crippen LogP contribution in [0.5, 0.6) is 0 Å². The summed E-state index contributed by atoms with van der Waals surface area (Å²) >= 11 is 0. The van der Waals surface area contributed by atoms with Crippen molar-refractivity contribution in [3.8, 4) is 0 Å². The number of nitrogens with one attached hydrogen (secondary N) is 1. The molecule has 0 spiro atoms. The van der Waals surface area contributed by atoms with Crippen LogP contribution in [-0.4, -0.2) is 33.4 Å². The van der Waals surface area contributed by atoms with Gasteiger partial charge in [-0.3, -0.25) is 9.48 Å². The van der Waals surface area contributed by atoms with Crippen LogP contribution in [-0.2, 0) is 13.0 Å². The predicted molar refractivity (Wildman–Crippen MR) is 94.9 cm³/mol. The molecule has 2 aromatic rings. The summed E-state index contributed by atoms with van der Waals surface area (Å²) in [4.78, 5) is 12.6. The van der Waals surface area contributed by atoms with E-state index in [0.717, 1.165) is 17.7 Å². The largest absolute Gasteiger partial charge is 0.396 e. The molecule has 1 amide bonds. The van der Waals surface area contributed by atoms with Gasteiger partial charge in [0.1, 0.15) is 0 Å². The number of aromatic nitrogens is 2. The summed E-state index contributed by atoms with van der Waals surface area (Å²) in [6, 6.07) is 10.1. The highest BCUT2D eigenvalue weighted by Gasteiger charge is 2.21. The van der Waals surface area contributed by atoms with Crippen LogP contribution in [0.1, 0.15) is 48.8 Å². The number of carbonyl (C=O) groups is 1. The smallest absolute Gasteiger partial charge is 0.254 e. The van der Waals surface area contributed by atoms with Gasteiger partial charge in [-0.15, -0.1) is 0 Å². The number of hydrogen-bond acceptors (Lipinski definition) is 3. The zero-order chi connectivity index (χ0) is 17.5. The number of benzene rings is 1. The Morgan fingerprint density at radius 2 is 2.00 bits per heavy atom. The quantitative estimate of drug-likeness (QED) is 0.782. The zero-order valence-corrected chi connectivity index (χ0v) is 14.7. The fourth-order valence-corrected chi connectivity index (χ4v) is 2.82. The summed E-state index contributed by atoms with van der Waals surface area (Å²) in [5, 5.41) is 16.6. The van der Waals surface area contributed by atoms with Crippen LogP contribution in [0.15, 0.2) is 36.5 Å². The second kappa shape index (κ2) is 8.64. The van der Waals surface area contributed by atoms with Gasteiger partial charge >= 0.3 is 0 Å². The molecule has 0 bridgehead atoms. The highest BCUT2D eigenvalue weighted by molar-refractivity contribution is 5.95. The van der Waals surface area contributed by atoms with Gasteiger partial charge in [-0.05, 0) is 24.3 Å². The number of hydrogen-bond donors (Lipinski definition) is 2. The predicted octanol–water partition coefficient (Wildman–Crippen LogP) is 2.63. The molecule has 2 N–H and O–H groups in total. The van der Waals surface area contributed by atoms with Gasteiger partial charge in [0.05, 0.1) is 24.0 Å². The summed E-state index contributed by atoms with van der Waals surface area (Å²) in [5.41, 5.74) is 2.71. The van der Waals surface area contributed by atoms with Crippen LogP contribution in [0, 0.1) is 5.92 Å². The van der Waals surface area contributed by atoms with Gasteiger partial charge in [-0.2, -0.15) is 5.10 Å². The standard InChI is InChI=1S/C19H27N3O2/c1-4-18-16(19(24)21-17(10-11-23)14(2)3)12-20-22(18)13-15-8-6-5-7-9-15/h5-9,12,14,17,23H,4,10-11,13H2,1-3H3,(H,21,24). The topological polar surface area (TPSA) is 67.2 Å². The summed E-state index contributed by atoms with van der Waals surface area (Å²) in [5.74, 6) is 0.156. The Labute approximate surface area is 143 Å². The van der Waals surface area contributed by atoms with Crippen molar-refractivity contribution in [2.75, 3.05) is 6.61 Å². The third-order valence-corrected chi connectivity index (χ3v) is 4.26. The average molecular weight is 329 g/mol. The van der Waals surface area contributed by atoms with Gasteiger partial charge in [0, 0.05) is 12.6 Å². The van der Waals surface area contributed by atoms with Gasteiger partial charge < -0.3 is 10.4 Å². The molecule has 5 nitrogen and oxygen atoms in total. The maximum absolute atomic E-state index is 12.6. The number of aliphatic hydroxyl groups is 1. The molecule has 24 heavy (non-hydrogen) atoms. The minimum Gasteiger partial charge on any atom is -0.396 e. The highest BCUT2D eigenvalue weighted by atomic mass is 16.3. The molecule has 1 aromatic carbocycles. The van der Waals surface area contributed by atoms with E-state index in [1.165, 1.54) is 0 Å². The number of nitrogens with zero attached hydrogens (tertiary/aromatic N) is 2. The van der Waals surface area contributed by atoms with Crippen molar-refractivity contribution in [3.63, 3.8) is 0 Å². The van der Waals surface area contributed by atoms with Crippen molar-refractivity contribution in [1.29, 1.82) is 0 Å². The fraction of sp³-hybridized carbons (Fsp3) is 0.474. The minimum atomic E-state index is -0.113. The molecule has 0 aliphatic rings. The van der Waals surface area contributed by atoms with Crippen LogP contribution in [0.4, 0.5) is 0 Å². The first-order chi connectivity index (χ1) is 11.6. The second-order valence-electron chi connectivity index (χ2n) is 6.34. The summed E-state index contributed by atoms with van der Waals surface area (Å²) in [7, 11) is 0. The Morgan fingerprint density at radius 3 is 2.58 bits per heavy atom. The van der Waals surface area contributed by atoms with E-state index in [4.69, 9.17) is 0 Å². The molecule has 0 aliphatic heterocycles. The molecule has 5 heteroatoms. The van der Waals surface area contributed by atoms with Gasteiger partial charge in [0.15, 0.2) is 0 Å². The normalized spacial score (nSPS) is 12.4. The molecule has 2 rings (SSSR count). The first-order valence-electron chi connectivity index (χ1n) is 8.57. The van der Waals surface area contributed by atoms with Gasteiger partial charge in [-0.25, -0.2) is 0 Å². The van der Waals surface area contributed by atoms with Crippen molar-refractivity contribution in [1.82, 2.24) is 15.1 Å². The summed E-state index contributed by atoms with van der Waals surface area (Å²) in [6.07, 6.45) is 2.94. The van der Waals surface area contributed by atoms with E-state index in [0.29, 0.717) is 18.5 Å². The Kier molecular flexibility index (Phi) is 6.55. The van der Waals surface area contributed by atoms with Crippen molar-refractivity contribution < 1.29 is 9.90 Å². The van der Waals surface area contributed by atoms with E-state index >= 15 is 0 Å². The Morgan fingerprint density at radius 1 is 1.29 bits per heavy atom. The lowest BCUT2D eigenvalue weighted by atomic mass is 10.0. The Balaban J connectivity index is 2.17. The van der Waals surface area contributed by atoms with E-state index in [1.807, 2.05) is 43.7 Å². The number of rotatable bonds is 8. The summed E-state index contributed by atoms with van der Waals surface area (Å²) < 4.78 is 1.89. The van der Waals surface area contributed by atoms with Crippen LogP contribution < -0.4 is 5.32 Å². The average Bonchev–Trinajstić information content (AvgIpc) is 2.97. The molecule has 0 saturated heterocycles. The van der Waals surface area contributed by atoms with E-state index in [1.54, 1.807) is 6.20 Å². The maximum Gasteiger partial charge on any atom is 0.254 e. The van der Waals surface area contributed by atoms with Crippen molar-refractivity contribution in [3.05, 3.63) is 53.3 Å². The number of aliphatic hydroxyl groups excluding tert-OH is 1. The van der Waals surface area contributed by atoms with Crippen LogP contribution in [0.3, 0.4) is 0 Å². The SMILES string of the molecule is CCc1c(C(=O)NC(CCO)C(C)C)cnn1Cc1ccccc1. The molecule has 0 fully saturated rings. The van der Waals surface area contributed by atoms with Gasteiger partial charge in [0.25, 0.3) is 5.91 Å². The molecule has 1 heterocycles. The highest BCUT2D eigenvalue weighted by Crippen LogP contribution is 2.14. The van der Waals surface area contributed by atoms with Crippen molar-refractivity contribution in [2.45, 2.75) is 46.2 Å². The molecule has 0 saturated carbocycles. The molecule has 0 radical (unpaired) electrons. The summed E-state index contributed by atoms with van der Waals surface area (Å²) in [6.45, 7) is 6.84. The van der Waals surface area contributed by atoms with Gasteiger partial charge in [0.2, 0.25) is 0 Å². The van der Waals surface area contributed by atoms with Crippen molar-refractivity contribution in [2.24, 2.45) is 5.92 Å². The third kappa shape index (κ3) is 4.45. The van der Waals surface area contributed by atoms with Crippen LogP contribution in [0.2, 0.25) is 0 Å². The lowest BCUT2D eigenvalue weighted by Crippen LogP contribution is -2.39. The van der Waals surface area contributed by atoms with E-state index in [-0.39, 0.29) is 24.5 Å². The molecule has 1 aromatic heterocycles. The van der Waals surface area contributed by atoms with Gasteiger partial charge in [-0.1, -0.05) is 51.1 Å². The molecule has 1 atom stereocenters. The third-order valence-electron chi connectivity index (χ3n) is 4.26. The Hall–Kier alpha value is -2.14. The van der Waals surface area contributed by atoms with E-state index in [9.17, 15) is 9.90 Å². The van der Waals surface area contributed by atoms with E-state index in [2.05, 4.69) is 22.5 Å². The lowest BCUT2D eigenvalue weighted by Gasteiger charge is -2.21. The number of carbonyl (C=O) groups excluding carboxylic acids is 1. The first-order valence-corrected chi connectivity index (χ1v) is 8.57. The lowest BCUT2D eigenvalue weighted by molar-refractivity contribution is 0.0915. The monoisotopic (exact) mass is 329 g/mol. The van der Waals surface area contributed by atoms with E-state index < -0.39 is 0 Å². The minimum absolute atomic E-state index is 0.0373. The molecule has 0 aliphatic carbocycles. The molecular weight excluding hydrogens is 302 g/mol. The Bertz CT molecular complexity index is 650. The molecule has 130 valence electrons. The molecular formula is C19H27N3O2. The number of amides is 1. The fourth-order valence-electron chi connectivity index (χ4n) is 2.82. The van der Waals surface area contributed by atoms with Crippen LogP contribution >= 0.6 is 0 Å².